The van der Waals surface area contributed by atoms with Gasteiger partial charge in [-0.3, -0.25) is 4.79 Å². The van der Waals surface area contributed by atoms with Gasteiger partial charge in [-0.15, -0.1) is 0 Å². The van der Waals surface area contributed by atoms with Gasteiger partial charge in [0.25, 0.3) is 5.91 Å². The Balaban J connectivity index is 1.99. The largest absolute Gasteiger partial charge is 0.387 e. The number of carbonyl (C=O) groups is 1. The van der Waals surface area contributed by atoms with Crippen molar-refractivity contribution in [3.8, 4) is 0 Å². The fourth-order valence-electron chi connectivity index (χ4n) is 3.52. The normalized spacial score (nSPS) is 23.3. The average molecular weight is 449 g/mol. The number of hydrogen-bond donors (Lipinski definition) is 2. The van der Waals surface area contributed by atoms with Crippen LogP contribution in [-0.4, -0.2) is 22.8 Å². The van der Waals surface area contributed by atoms with Crippen LogP contribution in [0.5, 0.6) is 0 Å². The van der Waals surface area contributed by atoms with Crippen molar-refractivity contribution in [2.24, 2.45) is 0 Å². The van der Waals surface area contributed by atoms with Crippen LogP contribution in [0.2, 0.25) is 15.1 Å². The summed E-state index contributed by atoms with van der Waals surface area (Å²) in [6, 6.07) is 7.46. The van der Waals surface area contributed by atoms with Crippen LogP contribution in [0.1, 0.15) is 47.6 Å². The number of hydrogen-bond acceptors (Lipinski definition) is 2. The average Bonchev–Trinajstić information content (AvgIpc) is 2.64. The van der Waals surface area contributed by atoms with E-state index < -0.39 is 29.5 Å². The molecule has 0 saturated heterocycles. The SMILES string of the molecule is O=C(NC(c1cccc(F)c1Cl)C1(O)CCC(F)CC1)c1cc(Cl)cc(Cl)c1. The van der Waals surface area contributed by atoms with E-state index in [4.69, 9.17) is 34.8 Å². The first-order valence-corrected chi connectivity index (χ1v) is 9.90. The predicted molar refractivity (Wildman–Crippen MR) is 106 cm³/mol. The van der Waals surface area contributed by atoms with E-state index in [1.54, 1.807) is 0 Å². The second-order valence-electron chi connectivity index (χ2n) is 6.99. The molecular formula is C20H18Cl3F2NO2. The molecule has 0 spiro atoms. The Morgan fingerprint density at radius 3 is 2.36 bits per heavy atom. The van der Waals surface area contributed by atoms with Gasteiger partial charge in [0.15, 0.2) is 0 Å². The number of nitrogens with one attached hydrogen (secondary N) is 1. The Morgan fingerprint density at radius 2 is 1.75 bits per heavy atom. The van der Waals surface area contributed by atoms with E-state index in [0.29, 0.717) is 0 Å². The molecule has 0 bridgehead atoms. The molecule has 0 aliphatic heterocycles. The zero-order valence-electron chi connectivity index (χ0n) is 14.7. The van der Waals surface area contributed by atoms with E-state index in [2.05, 4.69) is 5.32 Å². The number of alkyl halides is 1. The lowest BCUT2D eigenvalue weighted by molar-refractivity contribution is -0.0445. The van der Waals surface area contributed by atoms with Crippen LogP contribution < -0.4 is 5.32 Å². The lowest BCUT2D eigenvalue weighted by atomic mass is 9.76. The minimum absolute atomic E-state index is 0.0995. The molecule has 3 rings (SSSR count). The molecular weight excluding hydrogens is 431 g/mol. The second-order valence-corrected chi connectivity index (χ2v) is 8.24. The second kappa shape index (κ2) is 8.54. The van der Waals surface area contributed by atoms with Crippen molar-refractivity contribution in [3.05, 3.63) is 68.4 Å². The number of halogens is 5. The van der Waals surface area contributed by atoms with Crippen LogP contribution in [-0.2, 0) is 0 Å². The van der Waals surface area contributed by atoms with Gasteiger partial charge in [0.1, 0.15) is 12.0 Å². The summed E-state index contributed by atoms with van der Waals surface area (Å²) in [6.07, 6.45) is -0.548. The minimum Gasteiger partial charge on any atom is -0.387 e. The van der Waals surface area contributed by atoms with Gasteiger partial charge in [0.2, 0.25) is 0 Å². The van der Waals surface area contributed by atoms with Crippen LogP contribution in [0.25, 0.3) is 0 Å². The summed E-state index contributed by atoms with van der Waals surface area (Å²) >= 11 is 18.0. The van der Waals surface area contributed by atoms with Gasteiger partial charge in [-0.2, -0.15) is 0 Å². The highest BCUT2D eigenvalue weighted by Gasteiger charge is 2.43. The van der Waals surface area contributed by atoms with Crippen LogP contribution in [0.15, 0.2) is 36.4 Å². The molecule has 0 heterocycles. The number of amides is 1. The Bertz CT molecular complexity index is 865. The molecule has 1 fully saturated rings. The van der Waals surface area contributed by atoms with Crippen LogP contribution in [0.3, 0.4) is 0 Å². The predicted octanol–water partition coefficient (Wildman–Crippen LogP) is 5.90. The molecule has 1 unspecified atom stereocenters. The fraction of sp³-hybridized carbons (Fsp3) is 0.350. The van der Waals surface area contributed by atoms with E-state index in [1.165, 1.54) is 36.4 Å². The Morgan fingerprint density at radius 1 is 1.14 bits per heavy atom. The maximum Gasteiger partial charge on any atom is 0.251 e. The maximum absolute atomic E-state index is 14.0. The van der Waals surface area contributed by atoms with Gasteiger partial charge in [-0.1, -0.05) is 46.9 Å². The molecule has 1 atom stereocenters. The van der Waals surface area contributed by atoms with Gasteiger partial charge < -0.3 is 10.4 Å². The molecule has 2 N–H and O–H groups in total. The number of aliphatic hydroxyl groups is 1. The third kappa shape index (κ3) is 4.60. The van der Waals surface area contributed by atoms with Gasteiger partial charge in [-0.25, -0.2) is 8.78 Å². The molecule has 3 nitrogen and oxygen atoms in total. The Hall–Kier alpha value is -1.40. The van der Waals surface area contributed by atoms with E-state index >= 15 is 0 Å². The third-order valence-corrected chi connectivity index (χ3v) is 5.85. The smallest absolute Gasteiger partial charge is 0.251 e. The zero-order chi connectivity index (χ0) is 20.5. The first-order valence-electron chi connectivity index (χ1n) is 8.77. The standard InChI is InChI=1S/C20H18Cl3F2NO2/c21-12-8-11(9-13(22)10-12)19(27)26-18(15-2-1-3-16(25)17(15)23)20(28)6-4-14(24)5-7-20/h1-3,8-10,14,18,28H,4-7H2,(H,26,27). The number of benzene rings is 2. The van der Waals surface area contributed by atoms with Crippen molar-refractivity contribution in [1.82, 2.24) is 5.32 Å². The molecule has 2 aromatic carbocycles. The van der Waals surface area contributed by atoms with Crippen molar-refractivity contribution in [1.29, 1.82) is 0 Å². The summed E-state index contributed by atoms with van der Waals surface area (Å²) in [5, 5.41) is 14.3. The molecule has 150 valence electrons. The van der Waals surface area contributed by atoms with Gasteiger partial charge in [0, 0.05) is 15.6 Å². The van der Waals surface area contributed by atoms with Crippen LogP contribution >= 0.6 is 34.8 Å². The molecule has 0 aromatic heterocycles. The van der Waals surface area contributed by atoms with E-state index in [0.717, 1.165) is 0 Å². The molecule has 1 aliphatic rings. The van der Waals surface area contributed by atoms with Crippen molar-refractivity contribution in [3.63, 3.8) is 0 Å². The summed E-state index contributed by atoms with van der Waals surface area (Å²) in [5.74, 6) is -1.24. The zero-order valence-corrected chi connectivity index (χ0v) is 17.0. The quantitative estimate of drug-likeness (QED) is 0.612. The Labute approximate surface area is 176 Å². The van der Waals surface area contributed by atoms with Crippen molar-refractivity contribution < 1.29 is 18.7 Å². The topological polar surface area (TPSA) is 49.3 Å². The summed E-state index contributed by atoms with van der Waals surface area (Å²) in [7, 11) is 0. The maximum atomic E-state index is 14.0. The van der Waals surface area contributed by atoms with Gasteiger partial charge in [0.05, 0.1) is 16.7 Å². The van der Waals surface area contributed by atoms with Crippen LogP contribution in [0, 0.1) is 5.82 Å². The molecule has 1 amide bonds. The highest BCUT2D eigenvalue weighted by Crippen LogP contribution is 2.42. The fourth-order valence-corrected chi connectivity index (χ4v) is 4.28. The summed E-state index contributed by atoms with van der Waals surface area (Å²) in [6.45, 7) is 0. The van der Waals surface area contributed by atoms with Crippen LogP contribution in [0.4, 0.5) is 8.78 Å². The molecule has 1 saturated carbocycles. The molecule has 28 heavy (non-hydrogen) atoms. The summed E-state index contributed by atoms with van der Waals surface area (Å²) in [4.78, 5) is 12.8. The summed E-state index contributed by atoms with van der Waals surface area (Å²) < 4.78 is 27.7. The van der Waals surface area contributed by atoms with Crippen molar-refractivity contribution >= 4 is 40.7 Å². The van der Waals surface area contributed by atoms with Crippen molar-refractivity contribution in [2.45, 2.75) is 43.5 Å². The van der Waals surface area contributed by atoms with Gasteiger partial charge in [-0.05, 0) is 55.5 Å². The summed E-state index contributed by atoms with van der Waals surface area (Å²) in [5.41, 5.74) is -1.07. The third-order valence-electron chi connectivity index (χ3n) is 5.01. The molecule has 1 aliphatic carbocycles. The molecule has 0 radical (unpaired) electrons. The lowest BCUT2D eigenvalue weighted by Crippen LogP contribution is -2.48. The van der Waals surface area contributed by atoms with E-state index in [1.807, 2.05) is 0 Å². The highest BCUT2D eigenvalue weighted by molar-refractivity contribution is 6.35. The van der Waals surface area contributed by atoms with Gasteiger partial charge >= 0.3 is 0 Å². The monoisotopic (exact) mass is 447 g/mol. The first kappa shape index (κ1) is 21.3. The van der Waals surface area contributed by atoms with E-state index in [-0.39, 0.29) is 51.9 Å². The Kier molecular flexibility index (Phi) is 6.50. The number of rotatable bonds is 4. The lowest BCUT2D eigenvalue weighted by Gasteiger charge is -2.41. The minimum atomic E-state index is -1.47. The number of carbonyl (C=O) groups excluding carboxylic acids is 1. The molecule has 8 heteroatoms. The van der Waals surface area contributed by atoms with E-state index in [9.17, 15) is 18.7 Å². The molecule has 2 aromatic rings. The van der Waals surface area contributed by atoms with Crippen molar-refractivity contribution in [2.75, 3.05) is 0 Å². The first-order chi connectivity index (χ1) is 13.2. The highest BCUT2D eigenvalue weighted by atomic mass is 35.5.